The summed E-state index contributed by atoms with van der Waals surface area (Å²) in [5.41, 5.74) is 1.34. The molecule has 1 aromatic carbocycles. The van der Waals surface area contributed by atoms with E-state index in [1.54, 1.807) is 0 Å². The van der Waals surface area contributed by atoms with Gasteiger partial charge in [-0.25, -0.2) is 4.79 Å². The second-order valence-electron chi connectivity index (χ2n) is 6.47. The highest BCUT2D eigenvalue weighted by atomic mass is 16.2. The third-order valence-corrected chi connectivity index (χ3v) is 4.89. The summed E-state index contributed by atoms with van der Waals surface area (Å²) in [4.78, 5) is 14.0. The fraction of sp³-hybridized carbons (Fsp3) is 0.588. The van der Waals surface area contributed by atoms with Crippen LogP contribution in [-0.2, 0) is 6.54 Å². The van der Waals surface area contributed by atoms with Crippen LogP contribution in [0, 0.1) is 11.8 Å². The summed E-state index contributed by atoms with van der Waals surface area (Å²) in [6.07, 6.45) is 2.38. The number of hydrogen-bond donors (Lipinski definition) is 3. The van der Waals surface area contributed by atoms with E-state index in [0.717, 1.165) is 19.6 Å². The second kappa shape index (κ2) is 7.11. The molecule has 5 nitrogen and oxygen atoms in total. The fourth-order valence-corrected chi connectivity index (χ4v) is 3.77. The van der Waals surface area contributed by atoms with Crippen LogP contribution in [0.25, 0.3) is 0 Å². The number of fused-ring (bicyclic) bond motifs is 1. The van der Waals surface area contributed by atoms with E-state index in [9.17, 15) is 4.79 Å². The molecule has 0 bridgehead atoms. The van der Waals surface area contributed by atoms with Crippen molar-refractivity contribution in [1.82, 2.24) is 20.9 Å². The quantitative estimate of drug-likeness (QED) is 0.720. The summed E-state index contributed by atoms with van der Waals surface area (Å²) < 4.78 is 0. The van der Waals surface area contributed by atoms with Crippen LogP contribution >= 0.6 is 0 Å². The van der Waals surface area contributed by atoms with Gasteiger partial charge in [-0.15, -0.1) is 0 Å². The van der Waals surface area contributed by atoms with Gasteiger partial charge >= 0.3 is 6.03 Å². The van der Waals surface area contributed by atoms with Crippen LogP contribution in [0.4, 0.5) is 4.79 Å². The Labute approximate surface area is 132 Å². The number of nitrogens with one attached hydrogen (secondary N) is 3. The van der Waals surface area contributed by atoms with Gasteiger partial charge in [-0.3, -0.25) is 0 Å². The van der Waals surface area contributed by atoms with E-state index in [1.807, 2.05) is 11.9 Å². The van der Waals surface area contributed by atoms with Crippen molar-refractivity contribution in [3.8, 4) is 0 Å². The first-order valence-corrected chi connectivity index (χ1v) is 8.21. The Hall–Kier alpha value is -1.59. The van der Waals surface area contributed by atoms with E-state index in [1.165, 1.54) is 18.4 Å². The van der Waals surface area contributed by atoms with E-state index < -0.39 is 0 Å². The monoisotopic (exact) mass is 302 g/mol. The Balaban J connectivity index is 1.43. The van der Waals surface area contributed by atoms with Crippen molar-refractivity contribution in [2.75, 3.05) is 26.8 Å². The molecule has 2 fully saturated rings. The molecule has 1 aromatic rings. The highest BCUT2D eigenvalue weighted by Gasteiger charge is 2.42. The standard InChI is InChI=1S/C17H26N4O/c1-18-12-20-17(22)21-10-14-7-16(8-15(14)11-21)19-9-13-5-3-2-4-6-13/h2-6,14-16,18-19H,7-12H2,1H3,(H,20,22). The smallest absolute Gasteiger partial charge is 0.318 e. The van der Waals surface area contributed by atoms with Gasteiger partial charge in [0, 0.05) is 25.7 Å². The average Bonchev–Trinajstić information content (AvgIpc) is 3.10. The van der Waals surface area contributed by atoms with Crippen LogP contribution in [0.1, 0.15) is 18.4 Å². The molecule has 120 valence electrons. The molecule has 0 spiro atoms. The van der Waals surface area contributed by atoms with Gasteiger partial charge in [-0.1, -0.05) is 30.3 Å². The van der Waals surface area contributed by atoms with Crippen LogP contribution in [-0.4, -0.2) is 43.8 Å². The minimum Gasteiger partial charge on any atom is -0.325 e. The summed E-state index contributed by atoms with van der Waals surface area (Å²) in [6.45, 7) is 3.29. The van der Waals surface area contributed by atoms with Crippen LogP contribution in [0.2, 0.25) is 0 Å². The number of carbonyl (C=O) groups excluding carboxylic acids is 1. The van der Waals surface area contributed by atoms with Crippen molar-refractivity contribution in [2.24, 2.45) is 11.8 Å². The lowest BCUT2D eigenvalue weighted by molar-refractivity contribution is 0.203. The van der Waals surface area contributed by atoms with Crippen molar-refractivity contribution in [2.45, 2.75) is 25.4 Å². The van der Waals surface area contributed by atoms with E-state index in [4.69, 9.17) is 0 Å². The van der Waals surface area contributed by atoms with Crippen LogP contribution < -0.4 is 16.0 Å². The molecular weight excluding hydrogens is 276 g/mol. The predicted molar refractivity (Wildman–Crippen MR) is 87.3 cm³/mol. The molecule has 5 heteroatoms. The Bertz CT molecular complexity index is 479. The van der Waals surface area contributed by atoms with Gasteiger partial charge in [-0.2, -0.15) is 0 Å². The van der Waals surface area contributed by atoms with Gasteiger partial charge in [-0.05, 0) is 37.3 Å². The van der Waals surface area contributed by atoms with Crippen molar-refractivity contribution in [3.63, 3.8) is 0 Å². The van der Waals surface area contributed by atoms with Crippen LogP contribution in [0.3, 0.4) is 0 Å². The zero-order valence-corrected chi connectivity index (χ0v) is 13.2. The van der Waals surface area contributed by atoms with Crippen molar-refractivity contribution < 1.29 is 4.79 Å². The van der Waals surface area contributed by atoms with E-state index >= 15 is 0 Å². The number of amides is 2. The molecule has 1 aliphatic carbocycles. The molecule has 0 radical (unpaired) electrons. The molecule has 3 rings (SSSR count). The topological polar surface area (TPSA) is 56.4 Å². The summed E-state index contributed by atoms with van der Waals surface area (Å²) in [6, 6.07) is 11.2. The van der Waals surface area contributed by atoms with E-state index in [0.29, 0.717) is 24.5 Å². The maximum Gasteiger partial charge on any atom is 0.318 e. The van der Waals surface area contributed by atoms with Gasteiger partial charge in [0.1, 0.15) is 0 Å². The maximum absolute atomic E-state index is 12.0. The molecule has 2 atom stereocenters. The van der Waals surface area contributed by atoms with Gasteiger partial charge in [0.2, 0.25) is 0 Å². The third-order valence-electron chi connectivity index (χ3n) is 4.89. The van der Waals surface area contributed by atoms with Crippen molar-refractivity contribution in [3.05, 3.63) is 35.9 Å². The molecule has 2 amide bonds. The Morgan fingerprint density at radius 1 is 1.18 bits per heavy atom. The Morgan fingerprint density at radius 3 is 2.50 bits per heavy atom. The molecule has 2 aliphatic rings. The number of hydrogen-bond acceptors (Lipinski definition) is 3. The van der Waals surface area contributed by atoms with E-state index in [-0.39, 0.29) is 6.03 Å². The molecule has 1 saturated heterocycles. The van der Waals surface area contributed by atoms with Gasteiger partial charge in [0.05, 0.1) is 6.67 Å². The predicted octanol–water partition coefficient (Wildman–Crippen LogP) is 1.37. The highest BCUT2D eigenvalue weighted by molar-refractivity contribution is 5.74. The second-order valence-corrected chi connectivity index (χ2v) is 6.47. The number of nitrogens with zero attached hydrogens (tertiary/aromatic N) is 1. The first kappa shape index (κ1) is 15.3. The zero-order valence-electron chi connectivity index (χ0n) is 13.2. The number of rotatable bonds is 5. The molecular formula is C17H26N4O. The summed E-state index contributed by atoms with van der Waals surface area (Å²) in [5, 5.41) is 9.50. The fourth-order valence-electron chi connectivity index (χ4n) is 3.77. The number of urea groups is 1. The molecule has 0 aromatic heterocycles. The highest BCUT2D eigenvalue weighted by Crippen LogP contribution is 2.38. The molecule has 2 unspecified atom stereocenters. The molecule has 22 heavy (non-hydrogen) atoms. The van der Waals surface area contributed by atoms with Gasteiger partial charge < -0.3 is 20.9 Å². The number of likely N-dealkylation sites (tertiary alicyclic amines) is 1. The summed E-state index contributed by atoms with van der Waals surface area (Å²) in [7, 11) is 1.84. The minimum atomic E-state index is 0.0672. The molecule has 1 saturated carbocycles. The third kappa shape index (κ3) is 3.59. The zero-order chi connectivity index (χ0) is 15.4. The number of benzene rings is 1. The lowest BCUT2D eigenvalue weighted by Crippen LogP contribution is -2.42. The SMILES string of the molecule is CNCNC(=O)N1CC2CC(NCc3ccccc3)CC2C1. The molecule has 3 N–H and O–H groups in total. The first-order chi connectivity index (χ1) is 10.8. The normalized spacial score (nSPS) is 27.0. The average molecular weight is 302 g/mol. The molecule has 1 heterocycles. The molecule has 1 aliphatic heterocycles. The van der Waals surface area contributed by atoms with Crippen molar-refractivity contribution in [1.29, 1.82) is 0 Å². The first-order valence-electron chi connectivity index (χ1n) is 8.21. The number of carbonyl (C=O) groups is 1. The van der Waals surface area contributed by atoms with Crippen molar-refractivity contribution >= 4 is 6.03 Å². The van der Waals surface area contributed by atoms with Crippen LogP contribution in [0.5, 0.6) is 0 Å². The van der Waals surface area contributed by atoms with E-state index in [2.05, 4.69) is 46.3 Å². The lowest BCUT2D eigenvalue weighted by atomic mass is 10.0. The van der Waals surface area contributed by atoms with Crippen LogP contribution in [0.15, 0.2) is 30.3 Å². The summed E-state index contributed by atoms with van der Waals surface area (Å²) in [5.74, 6) is 1.32. The lowest BCUT2D eigenvalue weighted by Gasteiger charge is -2.20. The Morgan fingerprint density at radius 2 is 1.86 bits per heavy atom. The largest absolute Gasteiger partial charge is 0.325 e. The minimum absolute atomic E-state index is 0.0672. The Kier molecular flexibility index (Phi) is 4.95. The maximum atomic E-state index is 12.0. The summed E-state index contributed by atoms with van der Waals surface area (Å²) >= 11 is 0. The van der Waals surface area contributed by atoms with Gasteiger partial charge in [0.15, 0.2) is 0 Å². The van der Waals surface area contributed by atoms with Gasteiger partial charge in [0.25, 0.3) is 0 Å².